The molecule has 2 heterocycles. The lowest BCUT2D eigenvalue weighted by molar-refractivity contribution is -0.137. The molecule has 0 saturated heterocycles. The monoisotopic (exact) mass is 421 g/mol. The van der Waals surface area contributed by atoms with Crippen molar-refractivity contribution in [1.82, 2.24) is 13.9 Å². The van der Waals surface area contributed by atoms with Crippen LogP contribution in [0.15, 0.2) is 43.0 Å². The first-order valence-corrected chi connectivity index (χ1v) is 8.91. The number of imidazole rings is 1. The fourth-order valence-electron chi connectivity index (χ4n) is 2.26. The lowest BCUT2D eigenvalue weighted by Crippen LogP contribution is -2.11. The second kappa shape index (κ2) is 7.96. The van der Waals surface area contributed by atoms with Crippen molar-refractivity contribution < 1.29 is 17.9 Å². The van der Waals surface area contributed by atoms with E-state index in [2.05, 4.69) is 9.36 Å². The van der Waals surface area contributed by atoms with Gasteiger partial charge in [-0.2, -0.15) is 17.5 Å². The standard InChI is InChI=1S/C16H12Cl2F3N3OS/c17-13-14(26-23-15(13)18)12(7-24-6-5-22-9-24)25-8-10-1-3-11(4-2-10)16(19,20)21/h1-6,9,12H,7-8H2. The molecule has 0 bridgehead atoms. The summed E-state index contributed by atoms with van der Waals surface area (Å²) in [6.07, 6.45) is 0.199. The van der Waals surface area contributed by atoms with Gasteiger partial charge in [-0.25, -0.2) is 4.98 Å². The number of halogens is 5. The van der Waals surface area contributed by atoms with Crippen LogP contribution in [0.4, 0.5) is 13.2 Å². The lowest BCUT2D eigenvalue weighted by atomic mass is 10.1. The summed E-state index contributed by atoms with van der Waals surface area (Å²) in [4.78, 5) is 4.63. The third kappa shape index (κ3) is 4.56. The van der Waals surface area contributed by atoms with Gasteiger partial charge in [0.15, 0.2) is 5.15 Å². The number of aromatic nitrogens is 3. The average Bonchev–Trinajstić information content (AvgIpc) is 3.22. The van der Waals surface area contributed by atoms with E-state index in [1.54, 1.807) is 23.3 Å². The molecule has 1 unspecified atom stereocenters. The first-order valence-electron chi connectivity index (χ1n) is 7.38. The van der Waals surface area contributed by atoms with Gasteiger partial charge in [-0.15, -0.1) is 0 Å². The Morgan fingerprint density at radius 1 is 1.19 bits per heavy atom. The molecule has 4 nitrogen and oxygen atoms in total. The maximum Gasteiger partial charge on any atom is 0.416 e. The summed E-state index contributed by atoms with van der Waals surface area (Å²) in [7, 11) is 0. The van der Waals surface area contributed by atoms with Crippen LogP contribution in [0.3, 0.4) is 0 Å². The highest BCUT2D eigenvalue weighted by Crippen LogP contribution is 2.36. The molecule has 138 valence electrons. The first kappa shape index (κ1) is 19.2. The summed E-state index contributed by atoms with van der Waals surface area (Å²) < 4.78 is 49.6. The van der Waals surface area contributed by atoms with Gasteiger partial charge in [-0.1, -0.05) is 35.3 Å². The number of ether oxygens (including phenoxy) is 1. The van der Waals surface area contributed by atoms with Crippen LogP contribution in [0.5, 0.6) is 0 Å². The second-order valence-electron chi connectivity index (χ2n) is 5.41. The SMILES string of the molecule is FC(F)(F)c1ccc(COC(Cn2ccnc2)c2snc(Cl)c2Cl)cc1. The largest absolute Gasteiger partial charge is 0.416 e. The van der Waals surface area contributed by atoms with Crippen molar-refractivity contribution in [3.8, 4) is 0 Å². The fourth-order valence-corrected chi connectivity index (χ4v) is 3.54. The van der Waals surface area contributed by atoms with Crippen LogP contribution in [-0.4, -0.2) is 13.9 Å². The number of hydrogen-bond acceptors (Lipinski definition) is 4. The Kier molecular flexibility index (Phi) is 5.86. The van der Waals surface area contributed by atoms with E-state index < -0.39 is 17.8 Å². The van der Waals surface area contributed by atoms with E-state index in [9.17, 15) is 13.2 Å². The lowest BCUT2D eigenvalue weighted by Gasteiger charge is -2.18. The van der Waals surface area contributed by atoms with Crippen LogP contribution >= 0.6 is 34.7 Å². The number of nitrogens with zero attached hydrogens (tertiary/aromatic N) is 3. The molecule has 0 aliphatic rings. The molecule has 26 heavy (non-hydrogen) atoms. The number of benzene rings is 1. The third-order valence-corrected chi connectivity index (χ3v) is 5.48. The molecule has 1 aromatic carbocycles. The van der Waals surface area contributed by atoms with E-state index in [0.717, 1.165) is 23.7 Å². The summed E-state index contributed by atoms with van der Waals surface area (Å²) in [6.45, 7) is 0.530. The van der Waals surface area contributed by atoms with Gasteiger partial charge in [0.1, 0.15) is 6.10 Å². The summed E-state index contributed by atoms with van der Waals surface area (Å²) in [5, 5.41) is 0.509. The van der Waals surface area contributed by atoms with Crippen LogP contribution in [-0.2, 0) is 24.1 Å². The normalized spacial score (nSPS) is 13.1. The average molecular weight is 422 g/mol. The predicted octanol–water partition coefficient (Wildman–Crippen LogP) is 5.62. The first-order chi connectivity index (χ1) is 12.3. The molecule has 3 aromatic rings. The van der Waals surface area contributed by atoms with Crippen molar-refractivity contribution in [3.05, 3.63) is 69.2 Å². The zero-order chi connectivity index (χ0) is 18.7. The van der Waals surface area contributed by atoms with Gasteiger partial charge < -0.3 is 9.30 Å². The minimum atomic E-state index is -4.36. The minimum absolute atomic E-state index is 0.114. The van der Waals surface area contributed by atoms with Crippen LogP contribution in [0.25, 0.3) is 0 Å². The van der Waals surface area contributed by atoms with Gasteiger partial charge in [0, 0.05) is 12.4 Å². The highest BCUT2D eigenvalue weighted by molar-refractivity contribution is 7.07. The van der Waals surface area contributed by atoms with Crippen molar-refractivity contribution in [2.24, 2.45) is 0 Å². The second-order valence-corrected chi connectivity index (χ2v) is 6.95. The smallest absolute Gasteiger partial charge is 0.366 e. The summed E-state index contributed by atoms with van der Waals surface area (Å²) in [6, 6.07) is 4.83. The highest BCUT2D eigenvalue weighted by Gasteiger charge is 2.30. The van der Waals surface area contributed by atoms with Crippen molar-refractivity contribution >= 4 is 34.7 Å². The maximum atomic E-state index is 12.6. The Labute approximate surface area is 161 Å². The minimum Gasteiger partial charge on any atom is -0.366 e. The van der Waals surface area contributed by atoms with Crippen molar-refractivity contribution in [1.29, 1.82) is 0 Å². The van der Waals surface area contributed by atoms with Crippen LogP contribution in [0, 0.1) is 0 Å². The Bertz CT molecular complexity index is 851. The van der Waals surface area contributed by atoms with Crippen LogP contribution in [0.2, 0.25) is 10.2 Å². The molecule has 0 spiro atoms. The zero-order valence-electron chi connectivity index (χ0n) is 13.1. The van der Waals surface area contributed by atoms with Gasteiger partial charge in [0.2, 0.25) is 0 Å². The van der Waals surface area contributed by atoms with Gasteiger partial charge in [-0.05, 0) is 29.2 Å². The number of alkyl halides is 3. The molecular formula is C16H12Cl2F3N3OS. The molecule has 1 atom stereocenters. The van der Waals surface area contributed by atoms with Gasteiger partial charge in [0.05, 0.1) is 34.9 Å². The van der Waals surface area contributed by atoms with E-state index in [4.69, 9.17) is 27.9 Å². The maximum absolute atomic E-state index is 12.6. The Balaban J connectivity index is 1.74. The topological polar surface area (TPSA) is 39.9 Å². The molecule has 2 aromatic heterocycles. The molecule has 0 fully saturated rings. The Morgan fingerprint density at radius 3 is 2.46 bits per heavy atom. The highest BCUT2D eigenvalue weighted by atomic mass is 35.5. The van der Waals surface area contributed by atoms with Gasteiger partial charge in [0.25, 0.3) is 0 Å². The molecule has 0 aliphatic carbocycles. The molecule has 0 aliphatic heterocycles. The van der Waals surface area contributed by atoms with Crippen LogP contribution in [0.1, 0.15) is 22.1 Å². The predicted molar refractivity (Wildman–Crippen MR) is 93.3 cm³/mol. The Hall–Kier alpha value is -1.61. The van der Waals surface area contributed by atoms with Gasteiger partial charge in [-0.3, -0.25) is 0 Å². The molecule has 0 radical (unpaired) electrons. The summed E-state index contributed by atoms with van der Waals surface area (Å²) in [5.41, 5.74) is -0.0890. The Morgan fingerprint density at radius 2 is 1.92 bits per heavy atom. The van der Waals surface area contributed by atoms with Crippen LogP contribution < -0.4 is 0 Å². The third-order valence-electron chi connectivity index (χ3n) is 3.58. The van der Waals surface area contributed by atoms with Crippen molar-refractivity contribution in [2.75, 3.05) is 0 Å². The molecule has 3 rings (SSSR count). The van der Waals surface area contributed by atoms with E-state index in [1.165, 1.54) is 12.1 Å². The molecule has 0 saturated carbocycles. The molecule has 0 N–H and O–H groups in total. The summed E-state index contributed by atoms with van der Waals surface area (Å²) >= 11 is 13.2. The van der Waals surface area contributed by atoms with Crippen molar-refractivity contribution in [3.63, 3.8) is 0 Å². The summed E-state index contributed by atoms with van der Waals surface area (Å²) in [5.74, 6) is 0. The van der Waals surface area contributed by atoms with E-state index in [-0.39, 0.29) is 11.8 Å². The number of hydrogen-bond donors (Lipinski definition) is 0. The molecule has 0 amide bonds. The van der Waals surface area contributed by atoms with E-state index in [1.807, 2.05) is 0 Å². The van der Waals surface area contributed by atoms with Crippen molar-refractivity contribution in [2.45, 2.75) is 25.4 Å². The zero-order valence-corrected chi connectivity index (χ0v) is 15.4. The van der Waals surface area contributed by atoms with Gasteiger partial charge >= 0.3 is 6.18 Å². The molecule has 10 heteroatoms. The fraction of sp³-hybridized carbons (Fsp3) is 0.250. The quantitative estimate of drug-likeness (QED) is 0.518. The molecular weight excluding hydrogens is 410 g/mol. The van der Waals surface area contributed by atoms with E-state index >= 15 is 0 Å². The van der Waals surface area contributed by atoms with E-state index in [0.29, 0.717) is 22.0 Å². The number of rotatable bonds is 6.